The van der Waals surface area contributed by atoms with Crippen LogP contribution in [0.3, 0.4) is 0 Å². The summed E-state index contributed by atoms with van der Waals surface area (Å²) in [6.07, 6.45) is 1.26. The summed E-state index contributed by atoms with van der Waals surface area (Å²) >= 11 is 12.1. The van der Waals surface area contributed by atoms with Gasteiger partial charge in [0.1, 0.15) is 6.04 Å². The lowest BCUT2D eigenvalue weighted by Gasteiger charge is -2.24. The molecule has 0 bridgehead atoms. The number of nitrogens with one attached hydrogen (secondary N) is 1. The molecule has 1 fully saturated rings. The Balaban J connectivity index is 1.71. The van der Waals surface area contributed by atoms with Gasteiger partial charge in [-0.3, -0.25) is 9.59 Å². The van der Waals surface area contributed by atoms with E-state index in [4.69, 9.17) is 27.9 Å². The SMILES string of the molecule is CCOC(=O)c1ccc(NC(=O)C2CCCN2C(=O)c2cc(Cl)ccc2Cl)cc1. The number of amides is 2. The molecule has 2 aromatic rings. The molecule has 1 saturated heterocycles. The number of carbonyl (C=O) groups excluding carboxylic acids is 3. The van der Waals surface area contributed by atoms with E-state index in [9.17, 15) is 14.4 Å². The van der Waals surface area contributed by atoms with E-state index in [0.717, 1.165) is 0 Å². The zero-order chi connectivity index (χ0) is 21.0. The minimum atomic E-state index is -0.609. The summed E-state index contributed by atoms with van der Waals surface area (Å²) in [5.41, 5.74) is 1.21. The largest absolute Gasteiger partial charge is 0.462 e. The lowest BCUT2D eigenvalue weighted by molar-refractivity contribution is -0.119. The standard InChI is InChI=1S/C21H20Cl2N2O4/c1-2-29-21(28)13-5-8-15(9-6-13)24-19(26)18-4-3-11-25(18)20(27)16-12-14(22)7-10-17(16)23/h5-10,12,18H,2-4,11H2,1H3,(H,24,26). The van der Waals surface area contributed by atoms with Crippen molar-refractivity contribution in [2.75, 3.05) is 18.5 Å². The fourth-order valence-corrected chi connectivity index (χ4v) is 3.60. The highest BCUT2D eigenvalue weighted by Crippen LogP contribution is 2.27. The molecule has 0 aliphatic carbocycles. The number of anilines is 1. The Labute approximate surface area is 178 Å². The highest BCUT2D eigenvalue weighted by molar-refractivity contribution is 6.35. The molecule has 0 radical (unpaired) electrons. The number of benzene rings is 2. The Kier molecular flexibility index (Phi) is 6.77. The van der Waals surface area contributed by atoms with Crippen molar-refractivity contribution >= 4 is 46.7 Å². The van der Waals surface area contributed by atoms with Crippen LogP contribution in [-0.2, 0) is 9.53 Å². The monoisotopic (exact) mass is 434 g/mol. The van der Waals surface area contributed by atoms with Gasteiger partial charge in [-0.2, -0.15) is 0 Å². The highest BCUT2D eigenvalue weighted by atomic mass is 35.5. The number of halogens is 2. The molecule has 2 amide bonds. The topological polar surface area (TPSA) is 75.7 Å². The van der Waals surface area contributed by atoms with Crippen LogP contribution >= 0.6 is 23.2 Å². The molecule has 1 N–H and O–H groups in total. The number of likely N-dealkylation sites (tertiary alicyclic amines) is 1. The second-order valence-electron chi connectivity index (χ2n) is 6.57. The van der Waals surface area contributed by atoms with E-state index >= 15 is 0 Å². The molecule has 3 rings (SSSR count). The second-order valence-corrected chi connectivity index (χ2v) is 7.41. The van der Waals surface area contributed by atoms with Crippen molar-refractivity contribution < 1.29 is 19.1 Å². The molecule has 1 aliphatic rings. The molecule has 1 aliphatic heterocycles. The van der Waals surface area contributed by atoms with Gasteiger partial charge in [0.15, 0.2) is 0 Å². The predicted octanol–water partition coefficient (Wildman–Crippen LogP) is 4.41. The second kappa shape index (κ2) is 9.29. The van der Waals surface area contributed by atoms with Crippen LogP contribution in [0.15, 0.2) is 42.5 Å². The van der Waals surface area contributed by atoms with Crippen LogP contribution in [-0.4, -0.2) is 41.9 Å². The Morgan fingerprint density at radius 3 is 2.55 bits per heavy atom. The molecule has 0 aromatic heterocycles. The quantitative estimate of drug-likeness (QED) is 0.706. The maximum absolute atomic E-state index is 12.9. The van der Waals surface area contributed by atoms with Crippen molar-refractivity contribution in [3.05, 3.63) is 63.6 Å². The molecule has 1 atom stereocenters. The van der Waals surface area contributed by atoms with Crippen LogP contribution in [0.2, 0.25) is 10.0 Å². The number of rotatable bonds is 5. The average Bonchev–Trinajstić information content (AvgIpc) is 3.20. The Hall–Kier alpha value is -2.57. The summed E-state index contributed by atoms with van der Waals surface area (Å²) in [6.45, 7) is 2.48. The maximum atomic E-state index is 12.9. The van der Waals surface area contributed by atoms with Crippen LogP contribution in [0.5, 0.6) is 0 Å². The molecule has 29 heavy (non-hydrogen) atoms. The summed E-state index contributed by atoms with van der Waals surface area (Å²) < 4.78 is 4.94. The fraction of sp³-hybridized carbons (Fsp3) is 0.286. The van der Waals surface area contributed by atoms with Gasteiger partial charge in [0.25, 0.3) is 5.91 Å². The number of nitrogens with zero attached hydrogens (tertiary/aromatic N) is 1. The number of hydrogen-bond acceptors (Lipinski definition) is 4. The average molecular weight is 435 g/mol. The third-order valence-corrected chi connectivity index (χ3v) is 5.20. The van der Waals surface area contributed by atoms with Crippen LogP contribution in [0.25, 0.3) is 0 Å². The highest BCUT2D eigenvalue weighted by Gasteiger charge is 2.35. The Morgan fingerprint density at radius 1 is 1.14 bits per heavy atom. The van der Waals surface area contributed by atoms with Gasteiger partial charge < -0.3 is 15.0 Å². The summed E-state index contributed by atoms with van der Waals surface area (Å²) in [5.74, 6) is -1.04. The number of ether oxygens (including phenoxy) is 1. The minimum absolute atomic E-state index is 0.276. The van der Waals surface area contributed by atoms with Gasteiger partial charge >= 0.3 is 5.97 Å². The molecule has 152 valence electrons. The first-order chi connectivity index (χ1) is 13.9. The van der Waals surface area contributed by atoms with Crippen LogP contribution < -0.4 is 5.32 Å². The van der Waals surface area contributed by atoms with Gasteiger partial charge in [-0.05, 0) is 62.2 Å². The molecule has 2 aromatic carbocycles. The fourth-order valence-electron chi connectivity index (χ4n) is 3.23. The van der Waals surface area contributed by atoms with E-state index in [-0.39, 0.29) is 17.4 Å². The lowest BCUT2D eigenvalue weighted by atomic mass is 10.1. The van der Waals surface area contributed by atoms with Crippen LogP contribution in [0.1, 0.15) is 40.5 Å². The molecule has 1 heterocycles. The van der Waals surface area contributed by atoms with Crippen molar-refractivity contribution in [2.24, 2.45) is 0 Å². The first kappa shape index (κ1) is 21.1. The molecule has 0 saturated carbocycles. The van der Waals surface area contributed by atoms with E-state index in [0.29, 0.717) is 47.3 Å². The van der Waals surface area contributed by atoms with Crippen molar-refractivity contribution in [1.29, 1.82) is 0 Å². The van der Waals surface area contributed by atoms with Crippen LogP contribution in [0, 0.1) is 0 Å². The zero-order valence-corrected chi connectivity index (χ0v) is 17.3. The van der Waals surface area contributed by atoms with E-state index in [2.05, 4.69) is 5.32 Å². The van der Waals surface area contributed by atoms with Gasteiger partial charge in [-0.1, -0.05) is 23.2 Å². The molecule has 6 nitrogen and oxygen atoms in total. The van der Waals surface area contributed by atoms with Crippen molar-refractivity contribution in [1.82, 2.24) is 4.90 Å². The van der Waals surface area contributed by atoms with Gasteiger partial charge in [-0.25, -0.2) is 4.79 Å². The Bertz CT molecular complexity index is 931. The smallest absolute Gasteiger partial charge is 0.338 e. The normalized spacial score (nSPS) is 15.8. The minimum Gasteiger partial charge on any atom is -0.462 e. The third kappa shape index (κ3) is 4.89. The molecular weight excluding hydrogens is 415 g/mol. The lowest BCUT2D eigenvalue weighted by Crippen LogP contribution is -2.43. The van der Waals surface area contributed by atoms with Gasteiger partial charge in [0.2, 0.25) is 5.91 Å². The molecule has 1 unspecified atom stereocenters. The van der Waals surface area contributed by atoms with E-state index < -0.39 is 12.0 Å². The summed E-state index contributed by atoms with van der Waals surface area (Å²) in [6, 6.07) is 10.5. The number of carbonyl (C=O) groups is 3. The number of esters is 1. The van der Waals surface area contributed by atoms with E-state index in [1.165, 1.54) is 11.0 Å². The first-order valence-corrected chi connectivity index (χ1v) is 10.0. The third-order valence-electron chi connectivity index (χ3n) is 4.64. The van der Waals surface area contributed by atoms with Crippen molar-refractivity contribution in [3.8, 4) is 0 Å². The van der Waals surface area contributed by atoms with E-state index in [1.807, 2.05) is 0 Å². The summed E-state index contributed by atoms with van der Waals surface area (Å²) in [5, 5.41) is 3.49. The van der Waals surface area contributed by atoms with Gasteiger partial charge in [0.05, 0.1) is 22.8 Å². The van der Waals surface area contributed by atoms with E-state index in [1.54, 1.807) is 43.3 Å². The zero-order valence-electron chi connectivity index (χ0n) is 15.8. The predicted molar refractivity (Wildman–Crippen MR) is 112 cm³/mol. The number of hydrogen-bond donors (Lipinski definition) is 1. The summed E-state index contributed by atoms with van der Waals surface area (Å²) in [7, 11) is 0. The molecular formula is C21H20Cl2N2O4. The Morgan fingerprint density at radius 2 is 1.86 bits per heavy atom. The molecule has 0 spiro atoms. The van der Waals surface area contributed by atoms with Gasteiger partial charge in [-0.15, -0.1) is 0 Å². The van der Waals surface area contributed by atoms with Crippen LogP contribution in [0.4, 0.5) is 5.69 Å². The van der Waals surface area contributed by atoms with Crippen molar-refractivity contribution in [2.45, 2.75) is 25.8 Å². The van der Waals surface area contributed by atoms with Crippen molar-refractivity contribution in [3.63, 3.8) is 0 Å². The summed E-state index contributed by atoms with van der Waals surface area (Å²) in [4.78, 5) is 38.9. The maximum Gasteiger partial charge on any atom is 0.338 e. The first-order valence-electron chi connectivity index (χ1n) is 9.24. The molecule has 8 heteroatoms. The van der Waals surface area contributed by atoms with Gasteiger partial charge in [0, 0.05) is 17.3 Å².